The van der Waals surface area contributed by atoms with Crippen LogP contribution < -0.4 is 4.74 Å². The highest BCUT2D eigenvalue weighted by Crippen LogP contribution is 2.27. The largest absolute Gasteiger partial charge is 0.482 e. The molecule has 1 amide bonds. The van der Waals surface area contributed by atoms with Crippen molar-refractivity contribution in [3.05, 3.63) is 28.2 Å². The zero-order valence-corrected chi connectivity index (χ0v) is 13.7. The number of halogens is 2. The van der Waals surface area contributed by atoms with Crippen LogP contribution in [0.25, 0.3) is 0 Å². The average molecular weight is 346 g/mol. The molecule has 1 unspecified atom stereocenters. The van der Waals surface area contributed by atoms with E-state index in [2.05, 4.69) is 0 Å². The first-order valence-electron chi connectivity index (χ1n) is 6.98. The molecule has 0 bridgehead atoms. The molecule has 1 saturated heterocycles. The Kier molecular flexibility index (Phi) is 5.91. The standard InChI is InChI=1S/C15H17Cl2NO4/c1-21-15(20)12-4-2-3-7-18(12)14(19)9-22-13-6-5-10(16)8-11(13)17/h5-6,8,12H,2-4,7,9H2,1H3. The first-order chi connectivity index (χ1) is 10.5. The van der Waals surface area contributed by atoms with E-state index in [1.165, 1.54) is 12.0 Å². The molecule has 0 N–H and O–H groups in total. The second-order valence-electron chi connectivity index (χ2n) is 4.99. The Morgan fingerprint density at radius 1 is 1.32 bits per heavy atom. The number of hydrogen-bond acceptors (Lipinski definition) is 4. The third-order valence-electron chi connectivity index (χ3n) is 3.54. The number of carbonyl (C=O) groups excluding carboxylic acids is 2. The number of rotatable bonds is 4. The number of benzene rings is 1. The van der Waals surface area contributed by atoms with Gasteiger partial charge >= 0.3 is 5.97 Å². The van der Waals surface area contributed by atoms with Gasteiger partial charge in [0.2, 0.25) is 0 Å². The smallest absolute Gasteiger partial charge is 0.328 e. The SMILES string of the molecule is COC(=O)C1CCCCN1C(=O)COc1ccc(Cl)cc1Cl. The summed E-state index contributed by atoms with van der Waals surface area (Å²) >= 11 is 11.8. The van der Waals surface area contributed by atoms with Gasteiger partial charge in [0.05, 0.1) is 12.1 Å². The zero-order valence-electron chi connectivity index (χ0n) is 12.2. The molecule has 120 valence electrons. The van der Waals surface area contributed by atoms with Crippen molar-refractivity contribution < 1.29 is 19.1 Å². The lowest BCUT2D eigenvalue weighted by Crippen LogP contribution is -2.50. The van der Waals surface area contributed by atoms with Crippen LogP contribution in [-0.4, -0.2) is 43.1 Å². The number of likely N-dealkylation sites (tertiary alicyclic amines) is 1. The van der Waals surface area contributed by atoms with Crippen LogP contribution in [0.5, 0.6) is 5.75 Å². The van der Waals surface area contributed by atoms with Crippen molar-refractivity contribution in [2.45, 2.75) is 25.3 Å². The van der Waals surface area contributed by atoms with Gasteiger partial charge in [0, 0.05) is 11.6 Å². The van der Waals surface area contributed by atoms with E-state index in [-0.39, 0.29) is 12.5 Å². The predicted octanol–water partition coefficient (Wildman–Crippen LogP) is 2.93. The lowest BCUT2D eigenvalue weighted by Gasteiger charge is -2.33. The second kappa shape index (κ2) is 7.70. The molecule has 1 atom stereocenters. The van der Waals surface area contributed by atoms with E-state index in [9.17, 15) is 9.59 Å². The Hall–Kier alpha value is -1.46. The molecule has 1 aromatic rings. The van der Waals surface area contributed by atoms with Crippen LogP contribution in [0.1, 0.15) is 19.3 Å². The van der Waals surface area contributed by atoms with Crippen LogP contribution in [0.4, 0.5) is 0 Å². The second-order valence-corrected chi connectivity index (χ2v) is 5.83. The minimum absolute atomic E-state index is 0.186. The molecule has 22 heavy (non-hydrogen) atoms. The molecule has 1 aliphatic rings. The molecule has 0 aromatic heterocycles. The highest BCUT2D eigenvalue weighted by Gasteiger charge is 2.32. The van der Waals surface area contributed by atoms with Crippen LogP contribution in [0.2, 0.25) is 10.0 Å². The monoisotopic (exact) mass is 345 g/mol. The van der Waals surface area contributed by atoms with Gasteiger partial charge in [-0.3, -0.25) is 4.79 Å². The molecule has 0 radical (unpaired) electrons. The van der Waals surface area contributed by atoms with Gasteiger partial charge in [-0.2, -0.15) is 0 Å². The lowest BCUT2D eigenvalue weighted by atomic mass is 10.0. The molecule has 7 heteroatoms. The fraction of sp³-hybridized carbons (Fsp3) is 0.467. The summed E-state index contributed by atoms with van der Waals surface area (Å²) in [5.74, 6) is -0.273. The van der Waals surface area contributed by atoms with E-state index in [0.717, 1.165) is 12.8 Å². The van der Waals surface area contributed by atoms with Crippen molar-refractivity contribution >= 4 is 35.1 Å². The number of amides is 1. The fourth-order valence-corrected chi connectivity index (χ4v) is 2.89. The summed E-state index contributed by atoms with van der Waals surface area (Å²) in [5.41, 5.74) is 0. The van der Waals surface area contributed by atoms with Gasteiger partial charge in [0.15, 0.2) is 6.61 Å². The minimum atomic E-state index is -0.532. The fourth-order valence-electron chi connectivity index (χ4n) is 2.43. The maximum absolute atomic E-state index is 12.3. The molecule has 0 spiro atoms. The summed E-state index contributed by atoms with van der Waals surface area (Å²) in [5, 5.41) is 0.828. The van der Waals surface area contributed by atoms with Gasteiger partial charge in [-0.05, 0) is 37.5 Å². The zero-order chi connectivity index (χ0) is 16.1. The van der Waals surface area contributed by atoms with Gasteiger partial charge in [-0.15, -0.1) is 0 Å². The third kappa shape index (κ3) is 4.05. The van der Waals surface area contributed by atoms with Crippen molar-refractivity contribution in [1.29, 1.82) is 0 Å². The van der Waals surface area contributed by atoms with Crippen LogP contribution in [0.3, 0.4) is 0 Å². The molecule has 0 aliphatic carbocycles. The van der Waals surface area contributed by atoms with Crippen LogP contribution >= 0.6 is 23.2 Å². The first-order valence-corrected chi connectivity index (χ1v) is 7.73. The maximum atomic E-state index is 12.3. The van der Waals surface area contributed by atoms with E-state index in [1.54, 1.807) is 18.2 Å². The molecule has 1 aliphatic heterocycles. The highest BCUT2D eigenvalue weighted by molar-refractivity contribution is 6.35. The number of carbonyl (C=O) groups is 2. The highest BCUT2D eigenvalue weighted by atomic mass is 35.5. The number of nitrogens with zero attached hydrogens (tertiary/aromatic N) is 1. The van der Waals surface area contributed by atoms with Crippen LogP contribution in [0.15, 0.2) is 18.2 Å². The predicted molar refractivity (Wildman–Crippen MR) is 83.3 cm³/mol. The van der Waals surface area contributed by atoms with E-state index in [1.807, 2.05) is 0 Å². The lowest BCUT2D eigenvalue weighted by molar-refractivity contribution is -0.155. The topological polar surface area (TPSA) is 55.8 Å². The summed E-state index contributed by atoms with van der Waals surface area (Å²) in [6.07, 6.45) is 2.37. The molecule has 5 nitrogen and oxygen atoms in total. The van der Waals surface area contributed by atoms with Crippen molar-refractivity contribution in [1.82, 2.24) is 4.90 Å². The molecule has 2 rings (SSSR count). The van der Waals surface area contributed by atoms with Crippen molar-refractivity contribution in [3.63, 3.8) is 0 Å². The number of hydrogen-bond donors (Lipinski definition) is 0. The quantitative estimate of drug-likeness (QED) is 0.787. The van der Waals surface area contributed by atoms with Gasteiger partial charge in [0.1, 0.15) is 11.8 Å². The van der Waals surface area contributed by atoms with Crippen LogP contribution in [0, 0.1) is 0 Å². The van der Waals surface area contributed by atoms with E-state index in [4.69, 9.17) is 32.7 Å². The Labute approximate surface area is 139 Å². The number of piperidine rings is 1. The maximum Gasteiger partial charge on any atom is 0.328 e. The van der Waals surface area contributed by atoms with Crippen molar-refractivity contribution in [3.8, 4) is 5.75 Å². The number of esters is 1. The van der Waals surface area contributed by atoms with E-state index >= 15 is 0 Å². The Bertz CT molecular complexity index is 564. The first kappa shape index (κ1) is 16.9. The summed E-state index contributed by atoms with van der Waals surface area (Å²) in [6, 6.07) is 4.24. The Balaban J connectivity index is 1.99. The van der Waals surface area contributed by atoms with Crippen molar-refractivity contribution in [2.75, 3.05) is 20.3 Å². The molecular weight excluding hydrogens is 329 g/mol. The van der Waals surface area contributed by atoms with Gasteiger partial charge in [0.25, 0.3) is 5.91 Å². The van der Waals surface area contributed by atoms with Gasteiger partial charge in [-0.1, -0.05) is 23.2 Å². The van der Waals surface area contributed by atoms with Crippen LogP contribution in [-0.2, 0) is 14.3 Å². The molecule has 1 fully saturated rings. The third-order valence-corrected chi connectivity index (χ3v) is 4.07. The molecule has 1 heterocycles. The Morgan fingerprint density at radius 3 is 2.77 bits per heavy atom. The summed E-state index contributed by atoms with van der Waals surface area (Å²) in [4.78, 5) is 25.6. The summed E-state index contributed by atoms with van der Waals surface area (Å²) in [7, 11) is 1.32. The van der Waals surface area contributed by atoms with E-state index in [0.29, 0.717) is 28.8 Å². The molecular formula is C15H17Cl2NO4. The molecule has 0 saturated carbocycles. The normalized spacial score (nSPS) is 18.0. The van der Waals surface area contributed by atoms with E-state index < -0.39 is 12.0 Å². The van der Waals surface area contributed by atoms with Gasteiger partial charge < -0.3 is 14.4 Å². The average Bonchev–Trinajstić information content (AvgIpc) is 2.53. The summed E-state index contributed by atoms with van der Waals surface area (Å²) in [6.45, 7) is 0.338. The Morgan fingerprint density at radius 2 is 2.09 bits per heavy atom. The number of methoxy groups -OCH3 is 1. The van der Waals surface area contributed by atoms with Gasteiger partial charge in [-0.25, -0.2) is 4.79 Å². The molecule has 1 aromatic carbocycles. The minimum Gasteiger partial charge on any atom is -0.482 e. The summed E-state index contributed by atoms with van der Waals surface area (Å²) < 4.78 is 10.2. The number of ether oxygens (including phenoxy) is 2. The van der Waals surface area contributed by atoms with Crippen molar-refractivity contribution in [2.24, 2.45) is 0 Å².